The Hall–Kier alpha value is -0.750. The van der Waals surface area contributed by atoms with E-state index < -0.39 is 12.0 Å². The lowest BCUT2D eigenvalue weighted by Crippen LogP contribution is -2.37. The van der Waals surface area contributed by atoms with Gasteiger partial charge in [-0.25, -0.2) is 0 Å². The van der Waals surface area contributed by atoms with E-state index in [4.69, 9.17) is 0 Å². The molecule has 0 saturated carbocycles. The Bertz CT molecular complexity index is 260. The van der Waals surface area contributed by atoms with Crippen LogP contribution in [0.2, 0.25) is 0 Å². The number of amides is 2. The minimum atomic E-state index is -0.979. The monoisotopic (exact) mass is 276 g/mol. The predicted octanol–water partition coefficient (Wildman–Crippen LogP) is 0.336. The topological polar surface area (TPSA) is 78.4 Å². The second kappa shape index (κ2) is 10.2. The fraction of sp³-hybridized carbons (Fsp3) is 0.833. The Morgan fingerprint density at radius 2 is 1.83 bits per heavy atom. The average Bonchev–Trinajstić information content (AvgIpc) is 2.33. The first-order chi connectivity index (χ1) is 8.47. The van der Waals surface area contributed by atoms with Gasteiger partial charge in [0.05, 0.1) is 0 Å². The van der Waals surface area contributed by atoms with Crippen molar-refractivity contribution in [2.45, 2.75) is 39.2 Å². The van der Waals surface area contributed by atoms with Gasteiger partial charge in [-0.15, -0.1) is 0 Å². The lowest BCUT2D eigenvalue weighted by Gasteiger charge is -2.12. The molecule has 0 aromatic rings. The number of hydrogen-bond donors (Lipinski definition) is 4. The van der Waals surface area contributed by atoms with Gasteiger partial charge in [-0.2, -0.15) is 12.6 Å². The maximum atomic E-state index is 11.4. The van der Waals surface area contributed by atoms with Gasteiger partial charge in [0.2, 0.25) is 11.8 Å². The van der Waals surface area contributed by atoms with Crippen LogP contribution >= 0.6 is 12.6 Å². The summed E-state index contributed by atoms with van der Waals surface area (Å²) in [5, 5.41) is 14.7. The van der Waals surface area contributed by atoms with Crippen LogP contribution in [0.5, 0.6) is 0 Å². The van der Waals surface area contributed by atoms with Gasteiger partial charge in [0.25, 0.3) is 0 Å². The normalized spacial score (nSPS) is 12.3. The third-order valence-corrected chi connectivity index (χ3v) is 2.63. The van der Waals surface area contributed by atoms with Gasteiger partial charge in [-0.05, 0) is 18.8 Å². The van der Waals surface area contributed by atoms with Crippen molar-refractivity contribution < 1.29 is 14.7 Å². The zero-order valence-electron chi connectivity index (χ0n) is 11.1. The molecule has 0 aromatic carbocycles. The molecule has 1 atom stereocenters. The van der Waals surface area contributed by atoms with E-state index in [0.717, 1.165) is 6.42 Å². The van der Waals surface area contributed by atoms with E-state index in [1.807, 2.05) is 13.8 Å². The van der Waals surface area contributed by atoms with Crippen molar-refractivity contribution in [3.63, 3.8) is 0 Å². The lowest BCUT2D eigenvalue weighted by atomic mass is 10.0. The molecule has 0 radical (unpaired) electrons. The molecule has 0 heterocycles. The minimum absolute atomic E-state index is 0.124. The molecule has 6 heteroatoms. The highest BCUT2D eigenvalue weighted by molar-refractivity contribution is 7.80. The van der Waals surface area contributed by atoms with Crippen LogP contribution in [0, 0.1) is 5.92 Å². The fourth-order valence-electron chi connectivity index (χ4n) is 1.32. The van der Waals surface area contributed by atoms with Gasteiger partial charge in [0.15, 0.2) is 0 Å². The summed E-state index contributed by atoms with van der Waals surface area (Å²) in [5.74, 6) is 0.518. The summed E-state index contributed by atoms with van der Waals surface area (Å²) >= 11 is 3.97. The molecule has 0 fully saturated rings. The maximum absolute atomic E-state index is 11.4. The van der Waals surface area contributed by atoms with E-state index in [1.165, 1.54) is 0 Å². The van der Waals surface area contributed by atoms with Gasteiger partial charge in [-0.3, -0.25) is 9.59 Å². The number of carbonyl (C=O) groups is 2. The van der Waals surface area contributed by atoms with Crippen LogP contribution < -0.4 is 10.6 Å². The summed E-state index contributed by atoms with van der Waals surface area (Å²) in [5.41, 5.74) is 0. The largest absolute Gasteiger partial charge is 0.383 e. The Morgan fingerprint density at radius 1 is 1.17 bits per heavy atom. The van der Waals surface area contributed by atoms with E-state index in [9.17, 15) is 14.7 Å². The lowest BCUT2D eigenvalue weighted by molar-refractivity contribution is -0.129. The SMILES string of the molecule is CC(C)CC[C@@H](O)C(=O)NCCC(=O)NCCS. The quantitative estimate of drug-likeness (QED) is 0.459. The second-order valence-electron chi connectivity index (χ2n) is 4.60. The summed E-state index contributed by atoms with van der Waals surface area (Å²) < 4.78 is 0. The minimum Gasteiger partial charge on any atom is -0.383 e. The molecule has 0 spiro atoms. The fourth-order valence-corrected chi connectivity index (χ4v) is 1.43. The standard InChI is InChI=1S/C12H24N2O3S/c1-9(2)3-4-10(15)12(17)14-6-5-11(16)13-7-8-18/h9-10,15,18H,3-8H2,1-2H3,(H,13,16)(H,14,17)/t10-/m1/s1. The summed E-state index contributed by atoms with van der Waals surface area (Å²) in [7, 11) is 0. The number of hydrogen-bond acceptors (Lipinski definition) is 4. The van der Waals surface area contributed by atoms with Crippen molar-refractivity contribution in [3.05, 3.63) is 0 Å². The summed E-state index contributed by atoms with van der Waals surface area (Å²) in [6.07, 6.45) is 0.496. The molecule has 18 heavy (non-hydrogen) atoms. The van der Waals surface area contributed by atoms with E-state index in [-0.39, 0.29) is 18.9 Å². The van der Waals surface area contributed by atoms with Crippen molar-refractivity contribution in [3.8, 4) is 0 Å². The zero-order valence-corrected chi connectivity index (χ0v) is 12.0. The third-order valence-electron chi connectivity index (χ3n) is 2.41. The molecule has 0 rings (SSSR count). The Balaban J connectivity index is 3.66. The molecule has 0 aromatic heterocycles. The van der Waals surface area contributed by atoms with Crippen molar-refractivity contribution >= 4 is 24.4 Å². The van der Waals surface area contributed by atoms with Crippen LogP contribution in [0.25, 0.3) is 0 Å². The molecular formula is C12H24N2O3S. The molecule has 0 aliphatic carbocycles. The third kappa shape index (κ3) is 9.30. The van der Waals surface area contributed by atoms with Gasteiger partial charge >= 0.3 is 0 Å². The molecule has 0 bridgehead atoms. The number of aliphatic hydroxyl groups is 1. The molecular weight excluding hydrogens is 252 g/mol. The number of aliphatic hydroxyl groups excluding tert-OH is 1. The molecule has 0 aliphatic rings. The molecule has 5 nitrogen and oxygen atoms in total. The van der Waals surface area contributed by atoms with Crippen molar-refractivity contribution in [1.29, 1.82) is 0 Å². The van der Waals surface area contributed by atoms with Crippen LogP contribution in [0.4, 0.5) is 0 Å². The number of nitrogens with one attached hydrogen (secondary N) is 2. The van der Waals surface area contributed by atoms with Crippen LogP contribution in [-0.4, -0.2) is 41.9 Å². The van der Waals surface area contributed by atoms with E-state index in [1.54, 1.807) is 0 Å². The summed E-state index contributed by atoms with van der Waals surface area (Å²) in [6, 6.07) is 0. The van der Waals surface area contributed by atoms with Crippen molar-refractivity contribution in [2.24, 2.45) is 5.92 Å². The Kier molecular flexibility index (Phi) is 9.77. The van der Waals surface area contributed by atoms with Gasteiger partial charge in [0, 0.05) is 25.3 Å². The van der Waals surface area contributed by atoms with E-state index >= 15 is 0 Å². The number of carbonyl (C=O) groups excluding carboxylic acids is 2. The number of rotatable bonds is 9. The van der Waals surface area contributed by atoms with Crippen LogP contribution in [0.1, 0.15) is 33.1 Å². The molecule has 2 amide bonds. The van der Waals surface area contributed by atoms with Crippen LogP contribution in [0.15, 0.2) is 0 Å². The first-order valence-corrected chi connectivity index (χ1v) is 6.94. The van der Waals surface area contributed by atoms with Crippen molar-refractivity contribution in [1.82, 2.24) is 10.6 Å². The Morgan fingerprint density at radius 3 is 2.39 bits per heavy atom. The smallest absolute Gasteiger partial charge is 0.248 e. The van der Waals surface area contributed by atoms with Crippen LogP contribution in [0.3, 0.4) is 0 Å². The highest BCUT2D eigenvalue weighted by Crippen LogP contribution is 2.06. The molecule has 0 aliphatic heterocycles. The van der Waals surface area contributed by atoms with Crippen LogP contribution in [-0.2, 0) is 9.59 Å². The molecule has 0 saturated heterocycles. The van der Waals surface area contributed by atoms with Gasteiger partial charge < -0.3 is 15.7 Å². The zero-order chi connectivity index (χ0) is 14.0. The summed E-state index contributed by atoms with van der Waals surface area (Å²) in [6.45, 7) is 4.84. The molecule has 3 N–H and O–H groups in total. The number of thiol groups is 1. The summed E-state index contributed by atoms with van der Waals surface area (Å²) in [4.78, 5) is 22.7. The molecule has 106 valence electrons. The van der Waals surface area contributed by atoms with Gasteiger partial charge in [0.1, 0.15) is 6.10 Å². The predicted molar refractivity (Wildman–Crippen MR) is 74.6 cm³/mol. The second-order valence-corrected chi connectivity index (χ2v) is 5.05. The highest BCUT2D eigenvalue weighted by Gasteiger charge is 2.14. The highest BCUT2D eigenvalue weighted by atomic mass is 32.1. The Labute approximate surface area is 114 Å². The van der Waals surface area contributed by atoms with E-state index in [0.29, 0.717) is 24.6 Å². The first kappa shape index (κ1) is 17.2. The maximum Gasteiger partial charge on any atom is 0.248 e. The average molecular weight is 276 g/mol. The van der Waals surface area contributed by atoms with Crippen molar-refractivity contribution in [2.75, 3.05) is 18.8 Å². The molecule has 0 unspecified atom stereocenters. The van der Waals surface area contributed by atoms with Gasteiger partial charge in [-0.1, -0.05) is 13.8 Å². The van der Waals surface area contributed by atoms with E-state index in [2.05, 4.69) is 23.3 Å². The first-order valence-electron chi connectivity index (χ1n) is 6.30.